The highest BCUT2D eigenvalue weighted by molar-refractivity contribution is 7.18. The lowest BCUT2D eigenvalue weighted by atomic mass is 10.2. The van der Waals surface area contributed by atoms with Crippen LogP contribution < -0.4 is 0 Å². The van der Waals surface area contributed by atoms with Gasteiger partial charge in [-0.05, 0) is 43.0 Å². The third-order valence-electron chi connectivity index (χ3n) is 6.26. The molecule has 1 saturated carbocycles. The Kier molecular flexibility index (Phi) is 7.54. The van der Waals surface area contributed by atoms with Crippen LogP contribution >= 0.6 is 11.3 Å². The minimum Gasteiger partial charge on any atom is -0.445 e. The smallest absolute Gasteiger partial charge is 0.411 e. The van der Waals surface area contributed by atoms with Crippen molar-refractivity contribution in [3.8, 4) is 0 Å². The van der Waals surface area contributed by atoms with Gasteiger partial charge in [0.2, 0.25) is 5.91 Å². The van der Waals surface area contributed by atoms with Crippen molar-refractivity contribution in [3.05, 3.63) is 64.7 Å². The van der Waals surface area contributed by atoms with Crippen molar-refractivity contribution < 1.29 is 32.3 Å². The number of ether oxygens (including phenoxy) is 1. The van der Waals surface area contributed by atoms with E-state index >= 15 is 0 Å². The predicted octanol–water partition coefficient (Wildman–Crippen LogP) is 4.91. The Hall–Kier alpha value is -3.47. The maximum absolute atomic E-state index is 13.9. The van der Waals surface area contributed by atoms with E-state index in [-0.39, 0.29) is 38.2 Å². The highest BCUT2D eigenvalue weighted by Gasteiger charge is 2.68. The summed E-state index contributed by atoms with van der Waals surface area (Å²) in [6.07, 6.45) is -6.59. The highest BCUT2D eigenvalue weighted by Crippen LogP contribution is 2.53. The van der Waals surface area contributed by atoms with Crippen LogP contribution in [0.5, 0.6) is 0 Å². The van der Waals surface area contributed by atoms with Crippen LogP contribution in [-0.2, 0) is 27.4 Å². The number of likely N-dealkylation sites (N-methyl/N-ethyl adjacent to an activating group) is 1. The van der Waals surface area contributed by atoms with E-state index in [0.717, 1.165) is 20.7 Å². The molecule has 0 N–H and O–H groups in total. The Labute approximate surface area is 215 Å². The van der Waals surface area contributed by atoms with Crippen LogP contribution in [0.3, 0.4) is 0 Å². The van der Waals surface area contributed by atoms with Crippen molar-refractivity contribution in [3.63, 3.8) is 0 Å². The summed E-state index contributed by atoms with van der Waals surface area (Å²) in [5.74, 6) is -1.11. The monoisotopic (exact) mass is 533 g/mol. The average molecular weight is 534 g/mol. The van der Waals surface area contributed by atoms with Gasteiger partial charge in [-0.25, -0.2) is 9.78 Å². The lowest BCUT2D eigenvalue weighted by Gasteiger charge is -2.33. The van der Waals surface area contributed by atoms with Gasteiger partial charge in [0.15, 0.2) is 5.78 Å². The van der Waals surface area contributed by atoms with E-state index in [1.165, 1.54) is 18.4 Å². The van der Waals surface area contributed by atoms with E-state index in [1.807, 2.05) is 25.1 Å². The van der Waals surface area contributed by atoms with Crippen LogP contribution in [0, 0.1) is 6.92 Å². The largest absolute Gasteiger partial charge is 0.445 e. The predicted molar refractivity (Wildman–Crippen MR) is 132 cm³/mol. The second-order valence-electron chi connectivity index (χ2n) is 9.20. The molecule has 2 aromatic carbocycles. The number of nitrogens with zero attached hydrogens (tertiary/aromatic N) is 3. The highest BCUT2D eigenvalue weighted by atomic mass is 32.1. The summed E-state index contributed by atoms with van der Waals surface area (Å²) in [5, 5.41) is 0.589. The number of Topliss-reactive ketones (excluding diaryl/α,β-unsaturated/α-hetero) is 1. The first-order chi connectivity index (χ1) is 17.5. The zero-order valence-corrected chi connectivity index (χ0v) is 21.2. The topological polar surface area (TPSA) is 79.8 Å². The van der Waals surface area contributed by atoms with Gasteiger partial charge in [-0.15, -0.1) is 11.3 Å². The fourth-order valence-electron chi connectivity index (χ4n) is 4.00. The van der Waals surface area contributed by atoms with Crippen LogP contribution in [0.15, 0.2) is 48.5 Å². The Bertz CT molecular complexity index is 1310. The second-order valence-corrected chi connectivity index (χ2v) is 10.3. The Morgan fingerprint density at radius 2 is 1.78 bits per heavy atom. The summed E-state index contributed by atoms with van der Waals surface area (Å²) in [7, 11) is 1.32. The molecule has 2 amide bonds. The van der Waals surface area contributed by atoms with Gasteiger partial charge in [-0.1, -0.05) is 36.4 Å². The fraction of sp³-hybridized carbons (Fsp3) is 0.385. The van der Waals surface area contributed by atoms with E-state index in [0.29, 0.717) is 15.5 Å². The molecule has 4 rings (SSSR count). The molecule has 7 nitrogen and oxygen atoms in total. The first-order valence-corrected chi connectivity index (χ1v) is 12.5. The third kappa shape index (κ3) is 6.10. The number of ketones is 1. The van der Waals surface area contributed by atoms with Crippen LogP contribution in [0.4, 0.5) is 18.0 Å². The molecule has 0 saturated heterocycles. The maximum atomic E-state index is 13.9. The number of alkyl halides is 3. The first kappa shape index (κ1) is 26.6. The third-order valence-corrected chi connectivity index (χ3v) is 7.28. The van der Waals surface area contributed by atoms with Crippen molar-refractivity contribution in [1.29, 1.82) is 0 Å². The lowest BCUT2D eigenvalue weighted by Crippen LogP contribution is -2.55. The summed E-state index contributed by atoms with van der Waals surface area (Å²) in [6, 6.07) is 14.3. The summed E-state index contributed by atoms with van der Waals surface area (Å²) >= 11 is 1.38. The summed E-state index contributed by atoms with van der Waals surface area (Å²) < 4.78 is 47.6. The van der Waals surface area contributed by atoms with Gasteiger partial charge in [-0.3, -0.25) is 14.5 Å². The molecule has 0 spiro atoms. The van der Waals surface area contributed by atoms with E-state index in [9.17, 15) is 27.6 Å². The van der Waals surface area contributed by atoms with E-state index in [1.54, 1.807) is 30.3 Å². The molecule has 1 fully saturated rings. The van der Waals surface area contributed by atoms with Gasteiger partial charge in [0.05, 0.1) is 23.2 Å². The quantitative estimate of drug-likeness (QED) is 0.391. The zero-order chi connectivity index (χ0) is 26.8. The van der Waals surface area contributed by atoms with Crippen LogP contribution in [-0.4, -0.2) is 64.4 Å². The number of fused-ring (bicyclic) bond motifs is 1. The van der Waals surface area contributed by atoms with Crippen LogP contribution in [0.25, 0.3) is 10.2 Å². The fourth-order valence-corrected chi connectivity index (χ4v) is 5.10. The summed E-state index contributed by atoms with van der Waals surface area (Å²) in [4.78, 5) is 44.1. The van der Waals surface area contributed by atoms with E-state index < -0.39 is 30.3 Å². The van der Waals surface area contributed by atoms with Crippen molar-refractivity contribution >= 4 is 39.3 Å². The van der Waals surface area contributed by atoms with Crippen molar-refractivity contribution in [2.24, 2.45) is 0 Å². The molecular formula is C26H26F3N3O4S. The Balaban J connectivity index is 1.40. The van der Waals surface area contributed by atoms with Crippen molar-refractivity contribution in [2.45, 2.75) is 44.5 Å². The Morgan fingerprint density at radius 3 is 2.43 bits per heavy atom. The molecule has 1 heterocycles. The number of aryl methyl sites for hydroxylation is 1. The number of amides is 2. The van der Waals surface area contributed by atoms with Gasteiger partial charge in [0, 0.05) is 7.05 Å². The van der Waals surface area contributed by atoms with Gasteiger partial charge in [-0.2, -0.15) is 13.2 Å². The number of benzene rings is 2. The van der Waals surface area contributed by atoms with Gasteiger partial charge in [0.1, 0.15) is 23.7 Å². The molecule has 0 aliphatic heterocycles. The maximum Gasteiger partial charge on any atom is 0.411 e. The summed E-state index contributed by atoms with van der Waals surface area (Å²) in [6.45, 7) is 0.557. The number of halogens is 3. The zero-order valence-electron chi connectivity index (χ0n) is 20.4. The standard InChI is InChI=1S/C26H26F3N3O4S/c1-17-8-9-20-21(12-17)37-22(30-20)13-19(33)14-31(2)23(34)15-32(25(10-11-25)26(27,28)29)24(35)36-16-18-6-4-3-5-7-18/h3-9,12H,10-11,13-16H2,1-2H3. The van der Waals surface area contributed by atoms with Gasteiger partial charge >= 0.3 is 12.3 Å². The molecular weight excluding hydrogens is 507 g/mol. The first-order valence-electron chi connectivity index (χ1n) is 11.7. The van der Waals surface area contributed by atoms with E-state index in [2.05, 4.69) is 4.98 Å². The average Bonchev–Trinajstić information content (AvgIpc) is 3.57. The SMILES string of the molecule is Cc1ccc2nc(CC(=O)CN(C)C(=O)CN(C(=O)OCc3ccccc3)C3(C(F)(F)F)CC3)sc2c1. The molecule has 0 atom stereocenters. The van der Waals surface area contributed by atoms with E-state index in [4.69, 9.17) is 4.74 Å². The number of carbonyl (C=O) groups is 3. The molecule has 0 radical (unpaired) electrons. The number of hydrogen-bond donors (Lipinski definition) is 0. The molecule has 1 aliphatic carbocycles. The molecule has 0 unspecified atom stereocenters. The molecule has 1 aliphatic rings. The lowest BCUT2D eigenvalue weighted by molar-refractivity contribution is -0.192. The normalized spacial score (nSPS) is 14.3. The number of thiazole rings is 1. The number of hydrogen-bond acceptors (Lipinski definition) is 6. The second kappa shape index (κ2) is 10.5. The molecule has 0 bridgehead atoms. The molecule has 196 valence electrons. The number of carbonyl (C=O) groups excluding carboxylic acids is 3. The number of rotatable bonds is 9. The molecule has 3 aromatic rings. The molecule has 1 aromatic heterocycles. The van der Waals surface area contributed by atoms with Gasteiger partial charge < -0.3 is 9.64 Å². The van der Waals surface area contributed by atoms with Crippen LogP contribution in [0.1, 0.15) is 29.0 Å². The minimum atomic E-state index is -4.72. The summed E-state index contributed by atoms with van der Waals surface area (Å²) in [5.41, 5.74) is 0.00000725. The molecule has 37 heavy (non-hydrogen) atoms. The van der Waals surface area contributed by atoms with Crippen molar-refractivity contribution in [1.82, 2.24) is 14.8 Å². The molecule has 11 heteroatoms. The van der Waals surface area contributed by atoms with Crippen LogP contribution in [0.2, 0.25) is 0 Å². The minimum absolute atomic E-state index is 0.00860. The van der Waals surface area contributed by atoms with Gasteiger partial charge in [0.25, 0.3) is 0 Å². The number of aromatic nitrogens is 1. The Morgan fingerprint density at radius 1 is 1.08 bits per heavy atom. The van der Waals surface area contributed by atoms with Crippen molar-refractivity contribution in [2.75, 3.05) is 20.1 Å².